The molecule has 1 saturated carbocycles. The summed E-state index contributed by atoms with van der Waals surface area (Å²) in [5, 5.41) is 9.75. The highest BCUT2D eigenvalue weighted by Gasteiger charge is 2.28. The van der Waals surface area contributed by atoms with Gasteiger partial charge in [0.15, 0.2) is 6.10 Å². The fourth-order valence-corrected chi connectivity index (χ4v) is 3.24. The van der Waals surface area contributed by atoms with Gasteiger partial charge in [0.1, 0.15) is 11.3 Å². The summed E-state index contributed by atoms with van der Waals surface area (Å²) in [6.45, 7) is 1.56. The Morgan fingerprint density at radius 3 is 2.61 bits per heavy atom. The van der Waals surface area contributed by atoms with Gasteiger partial charge < -0.3 is 14.7 Å². The zero-order valence-corrected chi connectivity index (χ0v) is 15.0. The molecule has 0 spiro atoms. The topological polar surface area (TPSA) is 66.8 Å². The van der Waals surface area contributed by atoms with Gasteiger partial charge in [-0.25, -0.2) is 4.79 Å². The van der Waals surface area contributed by atoms with Crippen molar-refractivity contribution < 1.29 is 19.4 Å². The van der Waals surface area contributed by atoms with E-state index in [4.69, 9.17) is 4.74 Å². The number of phenols is 1. The van der Waals surface area contributed by atoms with Crippen molar-refractivity contribution in [3.8, 4) is 5.75 Å². The fourth-order valence-electron chi connectivity index (χ4n) is 2.88. The number of aromatic hydroxyl groups is 1. The molecular formula is C17H22BrNO4. The number of nitrogens with zero attached hydrogens (tertiary/aromatic N) is 1. The van der Waals surface area contributed by atoms with Gasteiger partial charge >= 0.3 is 5.97 Å². The van der Waals surface area contributed by atoms with Gasteiger partial charge in [0.2, 0.25) is 0 Å². The number of benzene rings is 1. The summed E-state index contributed by atoms with van der Waals surface area (Å²) in [6.07, 6.45) is 4.58. The molecule has 0 unspecified atom stereocenters. The summed E-state index contributed by atoms with van der Waals surface area (Å²) in [7, 11) is 1.76. The van der Waals surface area contributed by atoms with Crippen molar-refractivity contribution in [1.29, 1.82) is 0 Å². The lowest BCUT2D eigenvalue weighted by Gasteiger charge is -2.32. The molecular weight excluding hydrogens is 362 g/mol. The number of amides is 1. The highest BCUT2D eigenvalue weighted by Crippen LogP contribution is 2.24. The monoisotopic (exact) mass is 383 g/mol. The molecule has 1 aromatic rings. The second-order valence-corrected chi connectivity index (χ2v) is 6.87. The van der Waals surface area contributed by atoms with Crippen molar-refractivity contribution in [2.75, 3.05) is 7.05 Å². The summed E-state index contributed by atoms with van der Waals surface area (Å²) >= 11 is 3.24. The molecule has 23 heavy (non-hydrogen) atoms. The Kier molecular flexibility index (Phi) is 6.04. The van der Waals surface area contributed by atoms with E-state index < -0.39 is 12.1 Å². The largest absolute Gasteiger partial charge is 0.507 e. The standard InChI is InChI=1S/C17H22BrNO4/c1-11(16(21)19(2)13-6-4-3-5-7-13)23-17(22)14-10-12(18)8-9-15(14)20/h8-11,13,20H,3-7H2,1-2H3/t11-/m1/s1. The quantitative estimate of drug-likeness (QED) is 0.807. The van der Waals surface area contributed by atoms with Crippen LogP contribution in [0.4, 0.5) is 0 Å². The minimum atomic E-state index is -0.882. The van der Waals surface area contributed by atoms with Crippen molar-refractivity contribution in [2.24, 2.45) is 0 Å². The highest BCUT2D eigenvalue weighted by molar-refractivity contribution is 9.10. The van der Waals surface area contributed by atoms with E-state index in [1.54, 1.807) is 24.9 Å². The lowest BCUT2D eigenvalue weighted by atomic mass is 9.94. The molecule has 1 atom stereocenters. The predicted molar refractivity (Wildman–Crippen MR) is 90.3 cm³/mol. The Balaban J connectivity index is 1.99. The number of likely N-dealkylation sites (N-methyl/N-ethyl adjacent to an activating group) is 1. The number of phenolic OH excluding ortho intramolecular Hbond substituents is 1. The Bertz CT molecular complexity index is 584. The molecule has 0 bridgehead atoms. The molecule has 1 aromatic carbocycles. The first-order chi connectivity index (χ1) is 10.9. The molecule has 0 heterocycles. The van der Waals surface area contributed by atoms with Crippen LogP contribution in [0.2, 0.25) is 0 Å². The summed E-state index contributed by atoms with van der Waals surface area (Å²) in [5.41, 5.74) is 0.0411. The number of ether oxygens (including phenoxy) is 1. The third kappa shape index (κ3) is 4.47. The Morgan fingerprint density at radius 1 is 1.30 bits per heavy atom. The lowest BCUT2D eigenvalue weighted by molar-refractivity contribution is -0.141. The van der Waals surface area contributed by atoms with Crippen LogP contribution >= 0.6 is 15.9 Å². The molecule has 126 valence electrons. The Labute approximate surface area is 144 Å². The molecule has 2 rings (SSSR count). The first-order valence-electron chi connectivity index (χ1n) is 7.86. The summed E-state index contributed by atoms with van der Waals surface area (Å²) in [4.78, 5) is 26.3. The number of halogens is 1. The van der Waals surface area contributed by atoms with E-state index in [1.807, 2.05) is 0 Å². The second kappa shape index (κ2) is 7.81. The summed E-state index contributed by atoms with van der Waals surface area (Å²) < 4.78 is 5.89. The molecule has 0 aliphatic heterocycles. The van der Waals surface area contributed by atoms with Crippen LogP contribution in [0.5, 0.6) is 5.75 Å². The minimum absolute atomic E-state index is 0.0411. The Morgan fingerprint density at radius 2 is 1.96 bits per heavy atom. The van der Waals surface area contributed by atoms with Gasteiger partial charge in [-0.1, -0.05) is 35.2 Å². The van der Waals surface area contributed by atoms with Crippen LogP contribution in [-0.2, 0) is 9.53 Å². The second-order valence-electron chi connectivity index (χ2n) is 5.95. The molecule has 0 aromatic heterocycles. The number of hydrogen-bond donors (Lipinski definition) is 1. The van der Waals surface area contributed by atoms with Gasteiger partial charge in [0.25, 0.3) is 5.91 Å². The normalized spacial score (nSPS) is 16.7. The van der Waals surface area contributed by atoms with Crippen molar-refractivity contribution in [2.45, 2.75) is 51.2 Å². The highest BCUT2D eigenvalue weighted by atomic mass is 79.9. The maximum atomic E-state index is 12.4. The van der Waals surface area contributed by atoms with Crippen LogP contribution in [0, 0.1) is 0 Å². The van der Waals surface area contributed by atoms with E-state index in [0.29, 0.717) is 4.47 Å². The fraction of sp³-hybridized carbons (Fsp3) is 0.529. The van der Waals surface area contributed by atoms with Crippen molar-refractivity contribution in [1.82, 2.24) is 4.90 Å². The van der Waals surface area contributed by atoms with Crippen LogP contribution < -0.4 is 0 Å². The molecule has 0 saturated heterocycles. The number of rotatable bonds is 4. The van der Waals surface area contributed by atoms with Crippen molar-refractivity contribution >= 4 is 27.8 Å². The third-order valence-corrected chi connectivity index (χ3v) is 4.77. The molecule has 1 N–H and O–H groups in total. The van der Waals surface area contributed by atoms with Crippen LogP contribution in [0.1, 0.15) is 49.4 Å². The maximum absolute atomic E-state index is 12.4. The molecule has 5 nitrogen and oxygen atoms in total. The van der Waals surface area contributed by atoms with Gasteiger partial charge in [0.05, 0.1) is 0 Å². The first kappa shape index (κ1) is 17.8. The van der Waals surface area contributed by atoms with E-state index in [1.165, 1.54) is 18.6 Å². The molecule has 1 aliphatic carbocycles. The van der Waals surface area contributed by atoms with Crippen LogP contribution in [0.15, 0.2) is 22.7 Å². The van der Waals surface area contributed by atoms with Gasteiger partial charge in [-0.15, -0.1) is 0 Å². The number of carbonyl (C=O) groups excluding carboxylic acids is 2. The third-order valence-electron chi connectivity index (χ3n) is 4.28. The zero-order valence-electron chi connectivity index (χ0n) is 13.4. The van der Waals surface area contributed by atoms with Crippen LogP contribution in [0.3, 0.4) is 0 Å². The van der Waals surface area contributed by atoms with Crippen molar-refractivity contribution in [3.63, 3.8) is 0 Å². The average molecular weight is 384 g/mol. The SMILES string of the molecule is C[C@@H](OC(=O)c1cc(Br)ccc1O)C(=O)N(C)C1CCCCC1. The number of carbonyl (C=O) groups is 2. The van der Waals surface area contributed by atoms with Gasteiger partial charge in [-0.3, -0.25) is 4.79 Å². The smallest absolute Gasteiger partial charge is 0.342 e. The van der Waals surface area contributed by atoms with Gasteiger partial charge in [0, 0.05) is 17.6 Å². The molecule has 6 heteroatoms. The summed E-state index contributed by atoms with van der Waals surface area (Å²) in [5.74, 6) is -1.08. The van der Waals surface area contributed by atoms with E-state index in [9.17, 15) is 14.7 Å². The van der Waals surface area contributed by atoms with Gasteiger partial charge in [-0.05, 0) is 38.0 Å². The average Bonchev–Trinajstić information content (AvgIpc) is 2.56. The maximum Gasteiger partial charge on any atom is 0.342 e. The van der Waals surface area contributed by atoms with E-state index >= 15 is 0 Å². The van der Waals surface area contributed by atoms with Crippen LogP contribution in [-0.4, -0.2) is 41.1 Å². The van der Waals surface area contributed by atoms with E-state index in [2.05, 4.69) is 15.9 Å². The first-order valence-corrected chi connectivity index (χ1v) is 8.65. The number of esters is 1. The lowest BCUT2D eigenvalue weighted by Crippen LogP contribution is -2.44. The number of hydrogen-bond acceptors (Lipinski definition) is 4. The van der Waals surface area contributed by atoms with Crippen molar-refractivity contribution in [3.05, 3.63) is 28.2 Å². The van der Waals surface area contributed by atoms with E-state index in [0.717, 1.165) is 25.7 Å². The van der Waals surface area contributed by atoms with Gasteiger partial charge in [-0.2, -0.15) is 0 Å². The zero-order chi connectivity index (χ0) is 17.0. The van der Waals surface area contributed by atoms with E-state index in [-0.39, 0.29) is 23.3 Å². The summed E-state index contributed by atoms with van der Waals surface area (Å²) in [6, 6.07) is 4.72. The predicted octanol–water partition coefficient (Wildman–Crippen LogP) is 3.49. The van der Waals surface area contributed by atoms with Crippen LogP contribution in [0.25, 0.3) is 0 Å². The Hall–Kier alpha value is -1.56. The molecule has 1 amide bonds. The molecule has 1 aliphatic rings. The molecule has 0 radical (unpaired) electrons. The molecule has 1 fully saturated rings. The minimum Gasteiger partial charge on any atom is -0.507 e.